The van der Waals surface area contributed by atoms with Gasteiger partial charge in [0, 0.05) is 15.7 Å². The van der Waals surface area contributed by atoms with Crippen LogP contribution in [0.2, 0.25) is 10.0 Å². The molecule has 0 saturated carbocycles. The Morgan fingerprint density at radius 3 is 2.68 bits per heavy atom. The first kappa shape index (κ1) is 14.1. The molecule has 0 bridgehead atoms. The molecule has 0 aliphatic carbocycles. The zero-order valence-corrected chi connectivity index (χ0v) is 12.6. The van der Waals surface area contributed by atoms with Gasteiger partial charge in [0.25, 0.3) is 0 Å². The summed E-state index contributed by atoms with van der Waals surface area (Å²) in [7, 11) is 0. The average molecular weight is 361 g/mol. The quantitative estimate of drug-likeness (QED) is 0.808. The fourth-order valence-electron chi connectivity index (χ4n) is 1.36. The minimum absolute atomic E-state index is 0.409. The largest absolute Gasteiger partial charge is 0.323 e. The molecular weight excluding hydrogens is 353 g/mol. The van der Waals surface area contributed by atoms with Crippen molar-refractivity contribution in [2.75, 3.05) is 10.6 Å². The highest BCUT2D eigenvalue weighted by Gasteiger charge is 2.07. The molecule has 2 N–H and O–H groups in total. The first-order valence-corrected chi connectivity index (χ1v) is 6.73. The Labute approximate surface area is 128 Å². The third kappa shape index (κ3) is 4.09. The molecule has 0 atom stereocenters. The number of aromatic nitrogens is 1. The predicted molar refractivity (Wildman–Crippen MR) is 81.0 cm³/mol. The molecule has 0 unspecified atom stereocenters. The monoisotopic (exact) mass is 359 g/mol. The Morgan fingerprint density at radius 2 is 1.95 bits per heavy atom. The van der Waals surface area contributed by atoms with Crippen LogP contribution in [0.15, 0.2) is 41.1 Å². The Hall–Kier alpha value is -1.30. The van der Waals surface area contributed by atoms with Gasteiger partial charge in [0.1, 0.15) is 0 Å². The molecule has 1 aromatic carbocycles. The van der Waals surface area contributed by atoms with Crippen molar-refractivity contribution in [3.63, 3.8) is 0 Å². The number of rotatable bonds is 2. The standard InChI is InChI=1S/C12H8BrCl2N3O/c13-7-3-9(6-16-5-7)17-12(19)18-11-4-8(14)1-2-10(11)15/h1-6H,(H2,17,18,19). The molecule has 98 valence electrons. The number of hydrogen-bond donors (Lipinski definition) is 2. The van der Waals surface area contributed by atoms with Crippen LogP contribution in [0.25, 0.3) is 0 Å². The molecule has 0 fully saturated rings. The number of nitrogens with zero attached hydrogens (tertiary/aromatic N) is 1. The van der Waals surface area contributed by atoms with Gasteiger partial charge in [0.15, 0.2) is 0 Å². The number of carbonyl (C=O) groups excluding carboxylic acids is 1. The van der Waals surface area contributed by atoms with Crippen LogP contribution in [-0.4, -0.2) is 11.0 Å². The van der Waals surface area contributed by atoms with Crippen molar-refractivity contribution < 1.29 is 4.79 Å². The molecule has 0 saturated heterocycles. The summed E-state index contributed by atoms with van der Waals surface area (Å²) in [6, 6.07) is 6.13. The molecule has 0 aliphatic rings. The predicted octanol–water partition coefficient (Wildman–Crippen LogP) is 4.79. The molecule has 0 aliphatic heterocycles. The normalized spacial score (nSPS) is 10.1. The highest BCUT2D eigenvalue weighted by molar-refractivity contribution is 9.10. The van der Waals surface area contributed by atoms with Crippen LogP contribution in [0.3, 0.4) is 0 Å². The summed E-state index contributed by atoms with van der Waals surface area (Å²) in [5.74, 6) is 0. The second-order valence-corrected chi connectivity index (χ2v) is 5.35. The highest BCUT2D eigenvalue weighted by atomic mass is 79.9. The molecule has 2 aromatic rings. The van der Waals surface area contributed by atoms with Gasteiger partial charge in [-0.25, -0.2) is 4.79 Å². The maximum absolute atomic E-state index is 11.8. The van der Waals surface area contributed by atoms with E-state index < -0.39 is 6.03 Å². The van der Waals surface area contributed by atoms with Crippen LogP contribution in [0.5, 0.6) is 0 Å². The maximum Gasteiger partial charge on any atom is 0.323 e. The summed E-state index contributed by atoms with van der Waals surface area (Å²) in [5.41, 5.74) is 1.000. The summed E-state index contributed by atoms with van der Waals surface area (Å²) in [5, 5.41) is 6.14. The topological polar surface area (TPSA) is 54.0 Å². The number of benzene rings is 1. The number of carbonyl (C=O) groups is 1. The fraction of sp³-hybridized carbons (Fsp3) is 0. The first-order chi connectivity index (χ1) is 9.04. The molecule has 0 spiro atoms. The Morgan fingerprint density at radius 1 is 1.16 bits per heavy atom. The van der Waals surface area contributed by atoms with Gasteiger partial charge in [0.05, 0.1) is 22.6 Å². The van der Waals surface area contributed by atoms with Gasteiger partial charge >= 0.3 is 6.03 Å². The maximum atomic E-state index is 11.8. The third-order valence-electron chi connectivity index (χ3n) is 2.14. The number of halogens is 3. The SMILES string of the molecule is O=C(Nc1cncc(Br)c1)Nc1cc(Cl)ccc1Cl. The van der Waals surface area contributed by atoms with Crippen LogP contribution in [0.1, 0.15) is 0 Å². The van der Waals surface area contributed by atoms with Crippen molar-refractivity contribution in [3.05, 3.63) is 51.2 Å². The van der Waals surface area contributed by atoms with E-state index in [1.54, 1.807) is 30.5 Å². The van der Waals surface area contributed by atoms with Gasteiger partial charge < -0.3 is 10.6 Å². The summed E-state index contributed by atoms with van der Waals surface area (Å²) in [4.78, 5) is 15.7. The van der Waals surface area contributed by atoms with Gasteiger partial charge in [-0.05, 0) is 40.2 Å². The van der Waals surface area contributed by atoms with E-state index in [2.05, 4.69) is 31.5 Å². The second-order valence-electron chi connectivity index (χ2n) is 3.60. The van der Waals surface area contributed by atoms with Gasteiger partial charge in [0.2, 0.25) is 0 Å². The molecule has 1 heterocycles. The van der Waals surface area contributed by atoms with Crippen LogP contribution in [-0.2, 0) is 0 Å². The number of anilines is 2. The molecule has 7 heteroatoms. The highest BCUT2D eigenvalue weighted by Crippen LogP contribution is 2.25. The Balaban J connectivity index is 2.07. The van der Waals surface area contributed by atoms with Gasteiger partial charge in [-0.15, -0.1) is 0 Å². The molecule has 1 aromatic heterocycles. The average Bonchev–Trinajstić information content (AvgIpc) is 2.34. The lowest BCUT2D eigenvalue weighted by molar-refractivity contribution is 0.262. The van der Waals surface area contributed by atoms with Crippen molar-refractivity contribution >= 4 is 56.5 Å². The number of hydrogen-bond acceptors (Lipinski definition) is 2. The minimum Gasteiger partial charge on any atom is -0.306 e. The van der Waals surface area contributed by atoms with Crippen LogP contribution < -0.4 is 10.6 Å². The van der Waals surface area contributed by atoms with Gasteiger partial charge in [-0.3, -0.25) is 4.98 Å². The third-order valence-corrected chi connectivity index (χ3v) is 3.14. The van der Waals surface area contributed by atoms with Crippen molar-refractivity contribution in [2.24, 2.45) is 0 Å². The summed E-state index contributed by atoms with van der Waals surface area (Å²) in [6.07, 6.45) is 3.15. The number of nitrogens with one attached hydrogen (secondary N) is 2. The molecule has 2 amide bonds. The molecule has 2 rings (SSSR count). The lowest BCUT2D eigenvalue weighted by Gasteiger charge is -2.09. The van der Waals surface area contributed by atoms with E-state index in [4.69, 9.17) is 23.2 Å². The van der Waals surface area contributed by atoms with Crippen molar-refractivity contribution in [1.82, 2.24) is 4.98 Å². The van der Waals surface area contributed by atoms with Crippen LogP contribution >= 0.6 is 39.1 Å². The summed E-state index contributed by atoms with van der Waals surface area (Å²) < 4.78 is 0.770. The van der Waals surface area contributed by atoms with Crippen molar-refractivity contribution in [2.45, 2.75) is 0 Å². The van der Waals surface area contributed by atoms with Crippen molar-refractivity contribution in [1.29, 1.82) is 0 Å². The van der Waals surface area contributed by atoms with E-state index in [-0.39, 0.29) is 0 Å². The van der Waals surface area contributed by atoms with Crippen LogP contribution in [0, 0.1) is 0 Å². The van der Waals surface area contributed by atoms with E-state index in [1.165, 1.54) is 6.20 Å². The van der Waals surface area contributed by atoms with Gasteiger partial charge in [-0.1, -0.05) is 23.2 Å². The zero-order valence-electron chi connectivity index (χ0n) is 9.45. The second kappa shape index (κ2) is 6.23. The van der Waals surface area contributed by atoms with E-state index in [1.807, 2.05) is 0 Å². The summed E-state index contributed by atoms with van der Waals surface area (Å²) >= 11 is 15.0. The lowest BCUT2D eigenvalue weighted by Crippen LogP contribution is -2.19. The smallest absolute Gasteiger partial charge is 0.306 e. The van der Waals surface area contributed by atoms with E-state index in [9.17, 15) is 4.79 Å². The Bertz CT molecular complexity index is 622. The summed E-state index contributed by atoms with van der Waals surface area (Å²) in [6.45, 7) is 0. The van der Waals surface area contributed by atoms with Crippen LogP contribution in [0.4, 0.5) is 16.2 Å². The van der Waals surface area contributed by atoms with E-state index in [0.29, 0.717) is 21.4 Å². The van der Waals surface area contributed by atoms with Gasteiger partial charge in [-0.2, -0.15) is 0 Å². The zero-order chi connectivity index (χ0) is 13.8. The first-order valence-electron chi connectivity index (χ1n) is 5.18. The van der Waals surface area contributed by atoms with E-state index >= 15 is 0 Å². The molecule has 0 radical (unpaired) electrons. The molecule has 19 heavy (non-hydrogen) atoms. The number of pyridine rings is 1. The number of urea groups is 1. The minimum atomic E-state index is -0.427. The van der Waals surface area contributed by atoms with Crippen molar-refractivity contribution in [3.8, 4) is 0 Å². The number of amides is 2. The molecular formula is C12H8BrCl2N3O. The Kier molecular flexibility index (Phi) is 4.63. The molecule has 4 nitrogen and oxygen atoms in total. The lowest BCUT2D eigenvalue weighted by atomic mass is 10.3. The van der Waals surface area contributed by atoms with E-state index in [0.717, 1.165) is 4.47 Å². The fourth-order valence-corrected chi connectivity index (χ4v) is 2.06.